The van der Waals surface area contributed by atoms with Crippen LogP contribution in [0.3, 0.4) is 0 Å². The summed E-state index contributed by atoms with van der Waals surface area (Å²) < 4.78 is 11.2. The maximum absolute atomic E-state index is 12.1. The topological polar surface area (TPSA) is 88.8 Å². The van der Waals surface area contributed by atoms with E-state index in [1.54, 1.807) is 37.4 Å². The number of aryl methyl sites for hydroxylation is 1. The standard InChI is InChI=1S/C12H12N2O3S/c1-7-10(14-12(16)13-7)11(15)8-3-5-9(6-4-8)18(2)17/h3-6H,1-2H3,(H2,13,14,16)/t18-/m0/s1. The van der Waals surface area contributed by atoms with E-state index in [0.29, 0.717) is 16.2 Å². The highest BCUT2D eigenvalue weighted by molar-refractivity contribution is 7.90. The first-order valence-electron chi connectivity index (χ1n) is 5.26. The first kappa shape index (κ1) is 12.7. The van der Waals surface area contributed by atoms with Gasteiger partial charge in [0.2, 0.25) is 5.78 Å². The number of nitrogens with one attached hydrogen (secondary N) is 2. The van der Waals surface area contributed by atoms with Gasteiger partial charge >= 0.3 is 5.69 Å². The summed E-state index contributed by atoms with van der Waals surface area (Å²) in [4.78, 5) is 28.8. The second-order valence-electron chi connectivity index (χ2n) is 3.89. The zero-order valence-electron chi connectivity index (χ0n) is 9.94. The smallest absolute Gasteiger partial charge is 0.323 e. The van der Waals surface area contributed by atoms with Gasteiger partial charge in [-0.25, -0.2) is 4.79 Å². The van der Waals surface area contributed by atoms with Crippen LogP contribution in [-0.2, 0) is 11.2 Å². The van der Waals surface area contributed by atoms with Crippen LogP contribution in [0.25, 0.3) is 0 Å². The molecule has 2 aromatic rings. The first-order chi connectivity index (χ1) is 8.49. The third kappa shape index (κ3) is 2.39. The van der Waals surface area contributed by atoms with Gasteiger partial charge in [0, 0.05) is 11.3 Å². The van der Waals surface area contributed by atoms with Gasteiger partial charge in [0.25, 0.3) is 0 Å². The molecule has 18 heavy (non-hydrogen) atoms. The van der Waals surface area contributed by atoms with E-state index in [9.17, 15) is 14.1 Å². The van der Waals surface area contributed by atoms with E-state index in [0.717, 1.165) is 0 Å². The summed E-state index contributed by atoms with van der Waals surface area (Å²) in [5, 5.41) is 0. The highest BCUT2D eigenvalue weighted by atomic mass is 32.2. The number of hydrogen-bond acceptors (Lipinski definition) is 3. The summed E-state index contributed by atoms with van der Waals surface area (Å²) in [6.07, 6.45) is 1.57. The average molecular weight is 264 g/mol. The molecule has 0 radical (unpaired) electrons. The van der Waals surface area contributed by atoms with Crippen LogP contribution in [0.15, 0.2) is 34.0 Å². The van der Waals surface area contributed by atoms with Crippen molar-refractivity contribution in [3.05, 3.63) is 51.7 Å². The van der Waals surface area contributed by atoms with Crippen LogP contribution in [-0.4, -0.2) is 26.6 Å². The largest absolute Gasteiger partial charge is 0.612 e. The molecule has 94 valence electrons. The molecular formula is C12H12N2O3S. The van der Waals surface area contributed by atoms with Crippen molar-refractivity contribution < 1.29 is 9.35 Å². The van der Waals surface area contributed by atoms with Gasteiger partial charge in [-0.3, -0.25) is 4.79 Å². The molecule has 1 aromatic carbocycles. The van der Waals surface area contributed by atoms with Gasteiger partial charge in [-0.05, 0) is 42.4 Å². The van der Waals surface area contributed by atoms with E-state index in [4.69, 9.17) is 0 Å². The van der Waals surface area contributed by atoms with E-state index in [1.807, 2.05) is 0 Å². The third-order valence-corrected chi connectivity index (χ3v) is 3.53. The highest BCUT2D eigenvalue weighted by Gasteiger charge is 2.15. The Morgan fingerprint density at radius 1 is 1.22 bits per heavy atom. The summed E-state index contributed by atoms with van der Waals surface area (Å²) >= 11 is -1.07. The van der Waals surface area contributed by atoms with Crippen LogP contribution >= 0.6 is 0 Å². The first-order valence-corrected chi connectivity index (χ1v) is 6.82. The van der Waals surface area contributed by atoms with Crippen molar-refractivity contribution in [2.75, 3.05) is 6.26 Å². The molecule has 1 atom stereocenters. The van der Waals surface area contributed by atoms with Crippen LogP contribution in [0.4, 0.5) is 0 Å². The van der Waals surface area contributed by atoms with Crippen LogP contribution in [0, 0.1) is 6.92 Å². The maximum Gasteiger partial charge on any atom is 0.323 e. The fraction of sp³-hybridized carbons (Fsp3) is 0.167. The van der Waals surface area contributed by atoms with Gasteiger partial charge < -0.3 is 14.5 Å². The molecule has 1 aromatic heterocycles. The van der Waals surface area contributed by atoms with Crippen LogP contribution in [0.1, 0.15) is 21.7 Å². The highest BCUT2D eigenvalue weighted by Crippen LogP contribution is 2.13. The number of benzene rings is 1. The molecule has 0 fully saturated rings. The zero-order valence-corrected chi connectivity index (χ0v) is 10.8. The molecule has 2 rings (SSSR count). The molecule has 0 aliphatic heterocycles. The molecule has 0 bridgehead atoms. The second-order valence-corrected chi connectivity index (χ2v) is 5.27. The Hall–Kier alpha value is -1.79. The van der Waals surface area contributed by atoms with Gasteiger partial charge in [0.1, 0.15) is 11.9 Å². The van der Waals surface area contributed by atoms with Gasteiger partial charge in [0.15, 0.2) is 4.90 Å². The van der Waals surface area contributed by atoms with E-state index < -0.39 is 16.9 Å². The molecular weight excluding hydrogens is 252 g/mol. The lowest BCUT2D eigenvalue weighted by Crippen LogP contribution is -2.07. The van der Waals surface area contributed by atoms with Crippen molar-refractivity contribution in [1.82, 2.24) is 9.97 Å². The van der Waals surface area contributed by atoms with Gasteiger partial charge in [-0.15, -0.1) is 0 Å². The predicted molar refractivity (Wildman–Crippen MR) is 68.4 cm³/mol. The monoisotopic (exact) mass is 264 g/mol. The minimum Gasteiger partial charge on any atom is -0.612 e. The number of aromatic nitrogens is 2. The molecule has 2 N–H and O–H groups in total. The van der Waals surface area contributed by atoms with Crippen molar-refractivity contribution in [1.29, 1.82) is 0 Å². The SMILES string of the molecule is Cc1[nH]c(=O)[nH]c1C(=O)c1ccc([S@+](C)[O-])cc1. The van der Waals surface area contributed by atoms with Crippen molar-refractivity contribution in [3.8, 4) is 0 Å². The molecule has 5 nitrogen and oxygen atoms in total. The molecule has 0 aliphatic carbocycles. The number of aromatic amines is 2. The fourth-order valence-electron chi connectivity index (χ4n) is 1.64. The van der Waals surface area contributed by atoms with Crippen molar-refractivity contribution in [3.63, 3.8) is 0 Å². The molecule has 0 aliphatic rings. The lowest BCUT2D eigenvalue weighted by atomic mass is 10.1. The summed E-state index contributed by atoms with van der Waals surface area (Å²) in [7, 11) is 0. The number of H-pyrrole nitrogens is 2. The van der Waals surface area contributed by atoms with E-state index >= 15 is 0 Å². The van der Waals surface area contributed by atoms with E-state index in [-0.39, 0.29) is 11.5 Å². The summed E-state index contributed by atoms with van der Waals surface area (Å²) in [5.41, 5.74) is 0.809. The molecule has 0 saturated heterocycles. The number of carbonyl (C=O) groups excluding carboxylic acids is 1. The Morgan fingerprint density at radius 2 is 1.83 bits per heavy atom. The number of imidazole rings is 1. The molecule has 1 heterocycles. The normalized spacial score (nSPS) is 12.4. The van der Waals surface area contributed by atoms with Crippen molar-refractivity contribution >= 4 is 17.0 Å². The van der Waals surface area contributed by atoms with E-state index in [2.05, 4.69) is 9.97 Å². The quantitative estimate of drug-likeness (QED) is 0.639. The third-order valence-electron chi connectivity index (χ3n) is 2.59. The lowest BCUT2D eigenvalue weighted by molar-refractivity contribution is 0.103. The number of carbonyl (C=O) groups is 1. The molecule has 0 unspecified atom stereocenters. The Labute approximate surface area is 106 Å². The van der Waals surface area contributed by atoms with Crippen molar-refractivity contribution in [2.45, 2.75) is 11.8 Å². The summed E-state index contributed by atoms with van der Waals surface area (Å²) in [6, 6.07) is 6.49. The minimum atomic E-state index is -1.07. The fourth-order valence-corrected chi connectivity index (χ4v) is 2.16. The Kier molecular flexibility index (Phi) is 3.40. The number of rotatable bonds is 3. The molecule has 6 heteroatoms. The lowest BCUT2D eigenvalue weighted by Gasteiger charge is -2.04. The van der Waals surface area contributed by atoms with Gasteiger partial charge in [0.05, 0.1) is 0 Å². The Bertz CT molecular complexity index is 626. The van der Waals surface area contributed by atoms with Gasteiger partial charge in [-0.1, -0.05) is 0 Å². The van der Waals surface area contributed by atoms with E-state index in [1.165, 1.54) is 0 Å². The number of ketones is 1. The maximum atomic E-state index is 12.1. The Morgan fingerprint density at radius 3 is 2.28 bits per heavy atom. The van der Waals surface area contributed by atoms with Crippen LogP contribution in [0.5, 0.6) is 0 Å². The van der Waals surface area contributed by atoms with Crippen LogP contribution in [0.2, 0.25) is 0 Å². The Balaban J connectivity index is 2.34. The number of hydrogen-bond donors (Lipinski definition) is 2. The van der Waals surface area contributed by atoms with Gasteiger partial charge in [-0.2, -0.15) is 0 Å². The molecule has 0 saturated carbocycles. The summed E-state index contributed by atoms with van der Waals surface area (Å²) in [6.45, 7) is 1.65. The zero-order chi connectivity index (χ0) is 13.3. The average Bonchev–Trinajstić information content (AvgIpc) is 2.67. The molecule has 0 amide bonds. The summed E-state index contributed by atoms with van der Waals surface area (Å²) in [5.74, 6) is -0.265. The predicted octanol–water partition coefficient (Wildman–Crippen LogP) is 0.980. The molecule has 0 spiro atoms. The van der Waals surface area contributed by atoms with Crippen LogP contribution < -0.4 is 5.69 Å². The minimum absolute atomic E-state index is 0.255. The second kappa shape index (κ2) is 4.83. The van der Waals surface area contributed by atoms with Crippen molar-refractivity contribution in [2.24, 2.45) is 0 Å².